The zero-order valence-electron chi connectivity index (χ0n) is 15.9. The lowest BCUT2D eigenvalue weighted by Gasteiger charge is -2.17. The van der Waals surface area contributed by atoms with Gasteiger partial charge < -0.3 is 4.74 Å². The van der Waals surface area contributed by atoms with Crippen LogP contribution in [0.1, 0.15) is 33.4 Å². The van der Waals surface area contributed by atoms with E-state index in [0.717, 1.165) is 0 Å². The molecule has 3 aromatic rings. The molecule has 29 heavy (non-hydrogen) atoms. The number of hydrogen-bond acceptors (Lipinski definition) is 6. The molecule has 148 valence electrons. The smallest absolute Gasteiger partial charge is 0.328 e. The first kappa shape index (κ1) is 19.9. The van der Waals surface area contributed by atoms with Crippen molar-refractivity contribution in [3.05, 3.63) is 93.3 Å². The van der Waals surface area contributed by atoms with E-state index in [1.165, 1.54) is 18.5 Å². The largest absolute Gasteiger partial charge is 0.448 e. The third-order valence-corrected chi connectivity index (χ3v) is 4.45. The Hall–Kier alpha value is -3.81. The van der Waals surface area contributed by atoms with Gasteiger partial charge in [-0.1, -0.05) is 60.7 Å². The van der Waals surface area contributed by atoms with Gasteiger partial charge in [-0.3, -0.25) is 24.4 Å². The maximum atomic E-state index is 13.0. The van der Waals surface area contributed by atoms with Crippen LogP contribution >= 0.6 is 0 Å². The van der Waals surface area contributed by atoms with Crippen molar-refractivity contribution in [3.8, 4) is 0 Å². The van der Waals surface area contributed by atoms with E-state index in [4.69, 9.17) is 4.74 Å². The highest BCUT2D eigenvalue weighted by molar-refractivity contribution is 6.00. The van der Waals surface area contributed by atoms with Crippen LogP contribution in [0, 0.1) is 24.0 Å². The average Bonchev–Trinajstić information content (AvgIpc) is 3.00. The molecule has 8 heteroatoms. The van der Waals surface area contributed by atoms with Gasteiger partial charge in [0.1, 0.15) is 17.9 Å². The maximum Gasteiger partial charge on any atom is 0.328 e. The van der Waals surface area contributed by atoms with Gasteiger partial charge in [-0.25, -0.2) is 0 Å². The molecule has 0 radical (unpaired) electrons. The number of carbonyl (C=O) groups is 2. The maximum absolute atomic E-state index is 13.0. The number of hydrogen-bond donors (Lipinski definition) is 0. The summed E-state index contributed by atoms with van der Waals surface area (Å²) in [5, 5.41) is 15.2. The lowest BCUT2D eigenvalue weighted by Crippen LogP contribution is -2.23. The highest BCUT2D eigenvalue weighted by Gasteiger charge is 2.28. The van der Waals surface area contributed by atoms with Crippen LogP contribution in [0.5, 0.6) is 0 Å². The molecule has 0 N–H and O–H groups in total. The van der Waals surface area contributed by atoms with E-state index in [-0.39, 0.29) is 29.4 Å². The van der Waals surface area contributed by atoms with E-state index < -0.39 is 17.0 Å². The normalized spacial score (nSPS) is 11.7. The standard InChI is InChI=1S/C21H19N3O5/c1-14-19(24(27)28)15(2)23(22-14)13-18(25)29-21(17-11-7-4-8-12-17)20(26)16-9-5-3-6-10-16/h3-12,21H,13H2,1-2H3/t21-/m1/s1. The van der Waals surface area contributed by atoms with Gasteiger partial charge in [-0.15, -0.1) is 0 Å². The minimum Gasteiger partial charge on any atom is -0.448 e. The Balaban J connectivity index is 1.85. The number of ether oxygens (including phenoxy) is 1. The zero-order chi connectivity index (χ0) is 21.0. The second-order valence-electron chi connectivity index (χ2n) is 6.45. The van der Waals surface area contributed by atoms with Crippen LogP contribution in [0.2, 0.25) is 0 Å². The van der Waals surface area contributed by atoms with Gasteiger partial charge in [0, 0.05) is 11.1 Å². The van der Waals surface area contributed by atoms with Gasteiger partial charge >= 0.3 is 11.7 Å². The summed E-state index contributed by atoms with van der Waals surface area (Å²) in [6.07, 6.45) is -1.13. The van der Waals surface area contributed by atoms with Gasteiger partial charge in [0.25, 0.3) is 0 Å². The van der Waals surface area contributed by atoms with Crippen molar-refractivity contribution in [1.82, 2.24) is 9.78 Å². The molecular weight excluding hydrogens is 374 g/mol. The van der Waals surface area contributed by atoms with Gasteiger partial charge in [0.15, 0.2) is 6.10 Å². The Kier molecular flexibility index (Phi) is 5.82. The van der Waals surface area contributed by atoms with Crippen molar-refractivity contribution in [2.24, 2.45) is 0 Å². The molecule has 0 bridgehead atoms. The third kappa shape index (κ3) is 4.37. The highest BCUT2D eigenvalue weighted by Crippen LogP contribution is 2.25. The number of nitrogens with zero attached hydrogens (tertiary/aromatic N) is 3. The van der Waals surface area contributed by atoms with Crippen molar-refractivity contribution in [3.63, 3.8) is 0 Å². The number of Topliss-reactive ketones (excluding diaryl/α,β-unsaturated/α-hetero) is 1. The summed E-state index contributed by atoms with van der Waals surface area (Å²) in [5.41, 5.74) is 1.26. The number of carbonyl (C=O) groups excluding carboxylic acids is 2. The Morgan fingerprint density at radius 1 is 1.07 bits per heavy atom. The minimum absolute atomic E-state index is 0.141. The molecule has 0 saturated carbocycles. The summed E-state index contributed by atoms with van der Waals surface area (Å²) >= 11 is 0. The Morgan fingerprint density at radius 2 is 1.66 bits per heavy atom. The molecule has 3 rings (SSSR count). The molecule has 0 amide bonds. The molecular formula is C21H19N3O5. The van der Waals surface area contributed by atoms with E-state index in [0.29, 0.717) is 11.1 Å². The summed E-state index contributed by atoms with van der Waals surface area (Å²) in [4.78, 5) is 36.1. The second-order valence-corrected chi connectivity index (χ2v) is 6.45. The molecule has 1 heterocycles. The first-order chi connectivity index (χ1) is 13.9. The van der Waals surface area contributed by atoms with Crippen molar-refractivity contribution in [2.75, 3.05) is 0 Å². The van der Waals surface area contributed by atoms with Crippen LogP contribution < -0.4 is 0 Å². The van der Waals surface area contributed by atoms with Crippen LogP contribution in [0.3, 0.4) is 0 Å². The molecule has 0 spiro atoms. The fourth-order valence-corrected chi connectivity index (χ4v) is 3.05. The van der Waals surface area contributed by atoms with Crippen molar-refractivity contribution < 1.29 is 19.2 Å². The fourth-order valence-electron chi connectivity index (χ4n) is 3.05. The number of aryl methyl sites for hydroxylation is 1. The predicted octanol–water partition coefficient (Wildman–Crippen LogP) is 3.58. The van der Waals surface area contributed by atoms with Crippen LogP contribution in [-0.2, 0) is 16.1 Å². The lowest BCUT2D eigenvalue weighted by molar-refractivity contribution is -0.386. The molecule has 0 saturated heterocycles. The van der Waals surface area contributed by atoms with Gasteiger partial charge in [-0.2, -0.15) is 5.10 Å². The van der Waals surface area contributed by atoms with Gasteiger partial charge in [0.2, 0.25) is 5.78 Å². The molecule has 0 unspecified atom stereocenters. The second kappa shape index (κ2) is 8.47. The van der Waals surface area contributed by atoms with Crippen molar-refractivity contribution in [1.29, 1.82) is 0 Å². The summed E-state index contributed by atoms with van der Waals surface area (Å²) in [6.45, 7) is 2.67. The Labute approximate surface area is 166 Å². The fraction of sp³-hybridized carbons (Fsp3) is 0.190. The highest BCUT2D eigenvalue weighted by atomic mass is 16.6. The summed E-state index contributed by atoms with van der Waals surface area (Å²) in [6, 6.07) is 17.2. The number of aromatic nitrogens is 2. The molecule has 0 fully saturated rings. The van der Waals surface area contributed by atoms with Crippen molar-refractivity contribution in [2.45, 2.75) is 26.5 Å². The number of benzene rings is 2. The van der Waals surface area contributed by atoms with Crippen molar-refractivity contribution >= 4 is 17.4 Å². The Morgan fingerprint density at radius 3 is 2.21 bits per heavy atom. The van der Waals surface area contributed by atoms with Gasteiger partial charge in [0.05, 0.1) is 4.92 Å². The zero-order valence-corrected chi connectivity index (χ0v) is 15.9. The predicted molar refractivity (Wildman–Crippen MR) is 104 cm³/mol. The van der Waals surface area contributed by atoms with Gasteiger partial charge in [-0.05, 0) is 13.8 Å². The first-order valence-electron chi connectivity index (χ1n) is 8.90. The molecule has 0 aliphatic rings. The average molecular weight is 393 g/mol. The third-order valence-electron chi connectivity index (χ3n) is 4.45. The van der Waals surface area contributed by atoms with Crippen LogP contribution in [0.4, 0.5) is 5.69 Å². The molecule has 1 atom stereocenters. The van der Waals surface area contributed by atoms with E-state index in [2.05, 4.69) is 5.10 Å². The summed E-state index contributed by atoms with van der Waals surface area (Å²) in [7, 11) is 0. The van der Waals surface area contributed by atoms with E-state index in [1.807, 2.05) is 0 Å². The molecule has 8 nitrogen and oxygen atoms in total. The number of nitro groups is 1. The summed E-state index contributed by atoms with van der Waals surface area (Å²) in [5.74, 6) is -1.08. The minimum atomic E-state index is -1.13. The molecule has 2 aromatic carbocycles. The number of ketones is 1. The topological polar surface area (TPSA) is 104 Å². The summed E-state index contributed by atoms with van der Waals surface area (Å²) < 4.78 is 6.72. The molecule has 1 aromatic heterocycles. The van der Waals surface area contributed by atoms with E-state index in [1.54, 1.807) is 60.7 Å². The quantitative estimate of drug-likeness (QED) is 0.263. The lowest BCUT2D eigenvalue weighted by atomic mass is 10.00. The first-order valence-corrected chi connectivity index (χ1v) is 8.90. The van der Waals surface area contributed by atoms with Crippen LogP contribution in [-0.4, -0.2) is 26.5 Å². The SMILES string of the molecule is Cc1nn(CC(=O)O[C@@H](C(=O)c2ccccc2)c2ccccc2)c(C)c1[N+](=O)[O-]. The molecule has 0 aliphatic carbocycles. The number of rotatable bonds is 7. The van der Waals surface area contributed by atoms with Crippen LogP contribution in [0.15, 0.2) is 60.7 Å². The monoisotopic (exact) mass is 393 g/mol. The number of esters is 1. The Bertz CT molecular complexity index is 1040. The van der Waals surface area contributed by atoms with E-state index >= 15 is 0 Å². The molecule has 0 aliphatic heterocycles. The van der Waals surface area contributed by atoms with Crippen LogP contribution in [0.25, 0.3) is 0 Å². The van der Waals surface area contributed by atoms with E-state index in [9.17, 15) is 19.7 Å².